The molecule has 0 aromatic carbocycles. The van der Waals surface area contributed by atoms with E-state index in [1.165, 1.54) is 0 Å². The first-order valence-electron chi connectivity index (χ1n) is 36.9. The van der Waals surface area contributed by atoms with E-state index in [-0.39, 0.29) is 57.1 Å². The molecule has 26 nitrogen and oxygen atoms in total. The van der Waals surface area contributed by atoms with Crippen molar-refractivity contribution in [1.82, 2.24) is 10.6 Å². The van der Waals surface area contributed by atoms with E-state index in [9.17, 15) is 81.1 Å². The van der Waals surface area contributed by atoms with Crippen molar-refractivity contribution in [3.63, 3.8) is 0 Å². The maximum Gasteiger partial charge on any atom is 0.226 e. The molecule has 4 saturated heterocycles. The van der Waals surface area contributed by atoms with E-state index < -0.39 is 171 Å². The molecule has 0 radical (unpaired) electrons. The second-order valence-corrected chi connectivity index (χ2v) is 33.4. The Morgan fingerprint density at radius 3 is 1.10 bits per heavy atom. The number of rotatable bonds is 23. The highest BCUT2D eigenvalue weighted by atomic mass is 16.8. The molecule has 26 heteroatoms. The molecule has 2 amide bonds. The number of ether oxygens (including phenoxy) is 8. The number of hydrogen-bond acceptors (Lipinski definition) is 24. The standard InChI is InChI=1S/C72H116N2O24/c1-37-29-69-23-15-43-65(3,45(69)17-25-71(37,35-69)97-61-57(53(85)49(81)41(33-77)93-61)95-59-55(87)51(83)47(79)39(31-75)91-59)19-13-21-67(43,5)63(89)73-27-11-9-7-8-10-12-28-74-64(90)68(6)22-14-20-66(4)44(68)16-24-70-30-38(2)72(36-70,26-18-46(66)70)98-62-58(54(86)50(82)42(34-78)94-62)96-60-56(88)52(84)48(80)40(32-76)92-60/h39-62,75-88H,1-2,7-36H2,3-6H3,(H,73,89)(H,74,90)/t39-,40-,41-,42-,43+,44+,45+,46+,47-,48-,49-,50-,51+,52+,53+,54+,55-,56-,57-,58-,59+,60+,61+,62+,65-,66-,67-,68-,69-,70-,71+,72+/m1/s1. The largest absolute Gasteiger partial charge is 0.394 e. The Hall–Kier alpha value is -2.46. The summed E-state index contributed by atoms with van der Waals surface area (Å²) in [6, 6.07) is 0. The summed E-state index contributed by atoms with van der Waals surface area (Å²) >= 11 is 0. The smallest absolute Gasteiger partial charge is 0.226 e. The summed E-state index contributed by atoms with van der Waals surface area (Å²) in [5.74, 6) is 1.08. The van der Waals surface area contributed by atoms with Crippen LogP contribution in [0.15, 0.2) is 24.3 Å². The SMILES string of the molecule is C=C1C[C@@]23CC[C@H]4[C@@](C)(CCC[C@@]4(C)C(=O)NCCCCCCCCNC(=O)[C@]4(C)CCC[C@@]5(C)[C@@H]6CC[C@]7(O[C@@H]8O[C@H](CO)[C@@H](O)[C@H](O)[C@H]8O[C@@H]8O[C@H](CO)[C@@H](O)[C@H](O)[C@H]8O)C[C@@]6(CC[C@@H]54)CC7=C)[C@@H]2CC[C@]1(O[C@@H]1O[C@H](CO)[C@@H](O)[C@H](O)[C@H]1O[C@@H]1O[C@H](CO)[C@@H](O)[C@H](O)[C@H]1O)C3. The fraction of sp³-hybridized carbons (Fsp3) is 0.917. The second kappa shape index (κ2) is 28.8. The van der Waals surface area contributed by atoms with E-state index >= 15 is 0 Å². The molecule has 0 aromatic rings. The average Bonchev–Trinajstić information content (AvgIpc) is 1.46. The maximum absolute atomic E-state index is 14.5. The highest BCUT2D eigenvalue weighted by Crippen LogP contribution is 2.76. The number of nitrogens with one attached hydrogen (secondary N) is 2. The Bertz CT molecular complexity index is 2660. The van der Waals surface area contributed by atoms with Gasteiger partial charge in [-0.2, -0.15) is 0 Å². The summed E-state index contributed by atoms with van der Waals surface area (Å²) in [5.41, 5.74) is -1.87. The predicted molar refractivity (Wildman–Crippen MR) is 347 cm³/mol. The fourth-order valence-corrected chi connectivity index (χ4v) is 23.0. The van der Waals surface area contributed by atoms with Crippen LogP contribution in [0.3, 0.4) is 0 Å². The van der Waals surface area contributed by atoms with E-state index in [1.54, 1.807) is 0 Å². The van der Waals surface area contributed by atoms with Crippen LogP contribution in [0.5, 0.6) is 0 Å². The Kier molecular flexibility index (Phi) is 22.1. The molecule has 32 atom stereocenters. The molecular formula is C72H116N2O24. The van der Waals surface area contributed by atoms with Crippen molar-refractivity contribution in [1.29, 1.82) is 0 Å². The monoisotopic (exact) mass is 1390 g/mol. The van der Waals surface area contributed by atoms with Crippen molar-refractivity contribution >= 4 is 11.8 Å². The average molecular weight is 1390 g/mol. The zero-order valence-electron chi connectivity index (χ0n) is 57.8. The topological polar surface area (TPSA) is 415 Å². The van der Waals surface area contributed by atoms with Gasteiger partial charge in [0.05, 0.1) is 37.6 Å². The van der Waals surface area contributed by atoms with E-state index in [0.29, 0.717) is 51.6 Å². The minimum atomic E-state index is -1.79. The van der Waals surface area contributed by atoms with Crippen LogP contribution in [0.2, 0.25) is 0 Å². The van der Waals surface area contributed by atoms with E-state index in [4.69, 9.17) is 37.9 Å². The van der Waals surface area contributed by atoms with E-state index in [1.807, 2.05) is 0 Å². The molecule has 12 aliphatic rings. The van der Waals surface area contributed by atoms with Crippen molar-refractivity contribution in [3.05, 3.63) is 24.3 Å². The molecule has 558 valence electrons. The van der Waals surface area contributed by atoms with Crippen LogP contribution in [0.25, 0.3) is 0 Å². The highest BCUT2D eigenvalue weighted by molar-refractivity contribution is 5.83. The Balaban J connectivity index is 0.590. The van der Waals surface area contributed by atoms with E-state index in [2.05, 4.69) is 51.5 Å². The molecule has 0 aromatic heterocycles. The third-order valence-electron chi connectivity index (χ3n) is 28.1. The van der Waals surface area contributed by atoms with Crippen LogP contribution >= 0.6 is 0 Å². The van der Waals surface area contributed by atoms with Gasteiger partial charge in [0.2, 0.25) is 11.8 Å². The normalized spacial score (nSPS) is 51.4. The number of fused-ring (bicyclic) bond motifs is 6. The molecule has 12 rings (SSSR count). The molecule has 12 fully saturated rings. The molecule has 4 heterocycles. The van der Waals surface area contributed by atoms with Crippen LogP contribution in [0, 0.1) is 56.2 Å². The lowest BCUT2D eigenvalue weighted by atomic mass is 9.40. The summed E-state index contributed by atoms with van der Waals surface area (Å²) in [6.45, 7) is 16.8. The number of unbranched alkanes of at least 4 members (excludes halogenated alkanes) is 5. The number of amides is 2. The number of carbonyl (C=O) groups is 2. The van der Waals surface area contributed by atoms with Crippen LogP contribution in [-0.4, -0.2) is 257 Å². The molecule has 2 spiro atoms. The number of carbonyl (C=O) groups excluding carboxylic acids is 2. The van der Waals surface area contributed by atoms with E-state index in [0.717, 1.165) is 127 Å². The summed E-state index contributed by atoms with van der Waals surface area (Å²) < 4.78 is 49.5. The molecule has 8 aliphatic carbocycles. The molecule has 4 aliphatic heterocycles. The zero-order valence-corrected chi connectivity index (χ0v) is 57.8. The molecule has 98 heavy (non-hydrogen) atoms. The third-order valence-corrected chi connectivity index (χ3v) is 28.1. The van der Waals surface area contributed by atoms with Gasteiger partial charge in [-0.25, -0.2) is 0 Å². The molecular weight excluding hydrogens is 1280 g/mol. The van der Waals surface area contributed by atoms with Crippen molar-refractivity contribution in [2.45, 2.75) is 316 Å². The quantitative estimate of drug-likeness (QED) is 0.0386. The van der Waals surface area contributed by atoms with Gasteiger partial charge < -0.3 is 120 Å². The fourth-order valence-electron chi connectivity index (χ4n) is 23.0. The zero-order chi connectivity index (χ0) is 70.5. The van der Waals surface area contributed by atoms with Crippen molar-refractivity contribution < 1.29 is 119 Å². The first kappa shape index (κ1) is 75.2. The molecule has 16 N–H and O–H groups in total. The minimum Gasteiger partial charge on any atom is -0.394 e. The van der Waals surface area contributed by atoms with Gasteiger partial charge in [-0.15, -0.1) is 0 Å². The summed E-state index contributed by atoms with van der Waals surface area (Å²) in [5, 5.41) is 155. The van der Waals surface area contributed by atoms with Crippen molar-refractivity contribution in [2.24, 2.45) is 56.2 Å². The van der Waals surface area contributed by atoms with Gasteiger partial charge in [0, 0.05) is 23.9 Å². The van der Waals surface area contributed by atoms with Crippen LogP contribution < -0.4 is 10.6 Å². The van der Waals surface area contributed by atoms with Crippen molar-refractivity contribution in [3.8, 4) is 0 Å². The van der Waals surface area contributed by atoms with Crippen LogP contribution in [0.1, 0.15) is 182 Å². The van der Waals surface area contributed by atoms with Crippen LogP contribution in [-0.2, 0) is 47.5 Å². The third kappa shape index (κ3) is 12.8. The lowest BCUT2D eigenvalue weighted by Gasteiger charge is -2.64. The predicted octanol–water partition coefficient (Wildman–Crippen LogP) is 1.02. The van der Waals surface area contributed by atoms with Gasteiger partial charge in [-0.1, -0.05) is 79.4 Å². The Labute approximate surface area is 575 Å². The highest BCUT2D eigenvalue weighted by Gasteiger charge is 2.71. The summed E-state index contributed by atoms with van der Waals surface area (Å²) in [7, 11) is 0. The lowest BCUT2D eigenvalue weighted by molar-refractivity contribution is -0.378. The minimum absolute atomic E-state index is 0.118. The molecule has 8 saturated carbocycles. The second-order valence-electron chi connectivity index (χ2n) is 33.4. The first-order valence-corrected chi connectivity index (χ1v) is 36.9. The van der Waals surface area contributed by atoms with Gasteiger partial charge in [-0.3, -0.25) is 9.59 Å². The summed E-state index contributed by atoms with van der Waals surface area (Å²) in [6.07, 6.45) is -11.2. The summed E-state index contributed by atoms with van der Waals surface area (Å²) in [4.78, 5) is 29.1. The Morgan fingerprint density at radius 1 is 0.418 bits per heavy atom. The van der Waals surface area contributed by atoms with Gasteiger partial charge in [0.25, 0.3) is 0 Å². The molecule has 4 bridgehead atoms. The van der Waals surface area contributed by atoms with Crippen LogP contribution in [0.4, 0.5) is 0 Å². The van der Waals surface area contributed by atoms with Gasteiger partial charge in [0.1, 0.15) is 97.7 Å². The maximum atomic E-state index is 14.5. The van der Waals surface area contributed by atoms with Crippen molar-refractivity contribution in [2.75, 3.05) is 39.5 Å². The van der Waals surface area contributed by atoms with Gasteiger partial charge in [0.15, 0.2) is 25.2 Å². The first-order chi connectivity index (χ1) is 46.5. The van der Waals surface area contributed by atoms with Gasteiger partial charge >= 0.3 is 0 Å². The molecule has 0 unspecified atom stereocenters. The number of aliphatic hydroxyl groups excluding tert-OH is 14. The number of hydrogen-bond donors (Lipinski definition) is 16. The lowest BCUT2D eigenvalue weighted by Crippen LogP contribution is -2.65. The van der Waals surface area contributed by atoms with Gasteiger partial charge in [-0.05, 0) is 172 Å². The number of aliphatic hydroxyl groups is 14. The Morgan fingerprint density at radius 2 is 0.745 bits per heavy atom.